The number of rotatable bonds is 21. The Morgan fingerprint density at radius 3 is 2.30 bits per heavy atom. The number of likely N-dealkylation sites (tertiary alicyclic amines) is 2. The molecule has 7 atom stereocenters. The Morgan fingerprint density at radius 2 is 1.66 bits per heavy atom. The molecular weight excluding hydrogens is 896 g/mol. The van der Waals surface area contributed by atoms with E-state index in [0.29, 0.717) is 55.0 Å². The second-order valence-corrected chi connectivity index (χ2v) is 20.6. The maximum Gasteiger partial charge on any atom is 0.246 e. The number of nitrogens with two attached hydrogens (primary N) is 2. The van der Waals surface area contributed by atoms with Crippen molar-refractivity contribution in [3.05, 3.63) is 69.8 Å². The highest BCUT2D eigenvalue weighted by molar-refractivity contribution is 7.13. The summed E-state index contributed by atoms with van der Waals surface area (Å²) in [5.41, 5.74) is 16.3. The largest absolute Gasteiger partial charge is 0.490 e. The van der Waals surface area contributed by atoms with Gasteiger partial charge in [-0.2, -0.15) is 0 Å². The van der Waals surface area contributed by atoms with E-state index in [2.05, 4.69) is 20.9 Å². The van der Waals surface area contributed by atoms with E-state index in [9.17, 15) is 33.9 Å². The average Bonchev–Trinajstić information content (AvgIpc) is 4.03. The molecule has 8 N–H and O–H groups in total. The number of hydrogen-bond donors (Lipinski definition) is 6. The first-order valence-electron chi connectivity index (χ1n) is 23.3. The number of nitrogens with one attached hydrogen (secondary N) is 3. The minimum absolute atomic E-state index is 0.00156. The monoisotopic (exact) mass is 964 g/mol. The first-order valence-corrected chi connectivity index (χ1v) is 24.5. The topological polar surface area (TPSA) is 239 Å². The molecule has 0 aliphatic carbocycles. The lowest BCUT2D eigenvalue weighted by molar-refractivity contribution is -0.144. The van der Waals surface area contributed by atoms with Crippen molar-refractivity contribution in [2.45, 2.75) is 149 Å². The predicted octanol–water partition coefficient (Wildman–Crippen LogP) is 4.96. The predicted molar refractivity (Wildman–Crippen MR) is 259 cm³/mol. The molecule has 16 nitrogen and oxygen atoms in total. The number of nitrogens with zero attached hydrogens (tertiary/aromatic N) is 3. The van der Waals surface area contributed by atoms with Gasteiger partial charge in [0.05, 0.1) is 45.3 Å². The lowest BCUT2D eigenvalue weighted by atomic mass is 9.85. The summed E-state index contributed by atoms with van der Waals surface area (Å²) >= 11 is 8.38. The van der Waals surface area contributed by atoms with Gasteiger partial charge in [-0.15, -0.1) is 11.3 Å². The highest BCUT2D eigenvalue weighted by atomic mass is 35.5. The molecule has 67 heavy (non-hydrogen) atoms. The van der Waals surface area contributed by atoms with E-state index in [1.165, 1.54) is 4.90 Å². The lowest BCUT2D eigenvalue weighted by Gasteiger charge is -2.35. The van der Waals surface area contributed by atoms with Gasteiger partial charge in [0.1, 0.15) is 30.5 Å². The lowest BCUT2D eigenvalue weighted by Crippen LogP contribution is -2.57. The number of β-amino-alcohol motifs (C(OH)–C–C–N with tert-alkyl or cyclic N) is 1. The summed E-state index contributed by atoms with van der Waals surface area (Å²) < 4.78 is 6.11. The number of aromatic nitrogens is 1. The first kappa shape index (κ1) is 52.9. The Bertz CT molecular complexity index is 2210. The summed E-state index contributed by atoms with van der Waals surface area (Å²) in [6.45, 7) is 13.7. The molecule has 1 aromatic heterocycles. The minimum atomic E-state index is -0.983. The standard InChI is InChI=1S/C49H69ClN8O8S/c1-28(2)23-36(51)47(64)57-22-10-13-37(57)45(62)55-34(20-21-40(52)60)26-66-39-14-8-11-32(42(39)50)12-9-15-41(61)56-44(49(5,6)7)48(65)58-25-35(59)24-38(58)46(63)54-29(3)31-16-18-33(19-17-31)43-30(4)53-27-67-43/h8,11,14,16-19,27-29,34-38,44,59H,9-10,12-13,15,20-26,51H2,1-7H3,(H2,52,60)(H,54,63)(H,55,62)(H,56,61)/t29-,34-,35+,36-,37-,38-,44+/m0/s1. The Kier molecular flexibility index (Phi) is 18.7. The number of primary amides is 1. The van der Waals surface area contributed by atoms with E-state index >= 15 is 0 Å². The number of ether oxygens (including phenoxy) is 1. The zero-order valence-corrected chi connectivity index (χ0v) is 41.4. The third-order valence-electron chi connectivity index (χ3n) is 12.4. The molecule has 2 aliphatic rings. The van der Waals surface area contributed by atoms with Crippen LogP contribution in [0.15, 0.2) is 48.0 Å². The van der Waals surface area contributed by atoms with E-state index in [-0.39, 0.29) is 74.4 Å². The SMILES string of the molecule is Cc1ncsc1-c1ccc([C@H](C)NC(=O)[C@@H]2C[C@@H](O)CN2C(=O)[C@@H](NC(=O)CCCc2cccc(OC[C@H](CCC(N)=O)NC(=O)[C@@H]3CCCN3C(=O)[C@@H](N)CC(C)C)c2Cl)C(C)(C)C)cc1. The van der Waals surface area contributed by atoms with Crippen LogP contribution in [0.2, 0.25) is 5.02 Å². The van der Waals surface area contributed by atoms with Gasteiger partial charge < -0.3 is 47.1 Å². The Labute approximate surface area is 403 Å². The minimum Gasteiger partial charge on any atom is -0.490 e. The first-order chi connectivity index (χ1) is 31.6. The van der Waals surface area contributed by atoms with Gasteiger partial charge in [0, 0.05) is 32.4 Å². The number of benzene rings is 2. The van der Waals surface area contributed by atoms with Crippen LogP contribution in [0.1, 0.15) is 116 Å². The summed E-state index contributed by atoms with van der Waals surface area (Å²) in [5.74, 6) is -1.79. The molecule has 366 valence electrons. The van der Waals surface area contributed by atoms with Crippen LogP contribution < -0.4 is 32.2 Å². The average molecular weight is 966 g/mol. The zero-order chi connectivity index (χ0) is 49.2. The Balaban J connectivity index is 1.15. The van der Waals surface area contributed by atoms with Gasteiger partial charge in [-0.25, -0.2) is 4.98 Å². The number of carbonyl (C=O) groups excluding carboxylic acids is 6. The fourth-order valence-corrected chi connectivity index (χ4v) is 9.76. The molecule has 3 aromatic rings. The van der Waals surface area contributed by atoms with Crippen LogP contribution in [-0.2, 0) is 35.2 Å². The molecule has 2 aromatic carbocycles. The molecular formula is C49H69ClN8O8S. The summed E-state index contributed by atoms with van der Waals surface area (Å²) in [5, 5.41) is 19.9. The highest BCUT2D eigenvalue weighted by Crippen LogP contribution is 2.32. The number of aliphatic hydroxyl groups excluding tert-OH is 1. The third-order valence-corrected chi connectivity index (χ3v) is 13.8. The smallest absolute Gasteiger partial charge is 0.246 e. The number of carbonyl (C=O) groups is 6. The molecule has 6 amide bonds. The zero-order valence-electron chi connectivity index (χ0n) is 39.8. The van der Waals surface area contributed by atoms with Crippen molar-refractivity contribution in [2.24, 2.45) is 22.8 Å². The van der Waals surface area contributed by atoms with Crippen molar-refractivity contribution in [2.75, 3.05) is 19.7 Å². The fraction of sp³-hybridized carbons (Fsp3) is 0.571. The van der Waals surface area contributed by atoms with Gasteiger partial charge in [0.15, 0.2) is 0 Å². The van der Waals surface area contributed by atoms with Gasteiger partial charge >= 0.3 is 0 Å². The molecule has 2 saturated heterocycles. The van der Waals surface area contributed by atoms with Crippen LogP contribution in [0.4, 0.5) is 0 Å². The highest BCUT2D eigenvalue weighted by Gasteiger charge is 2.45. The molecule has 2 aliphatic heterocycles. The number of aliphatic hydroxyl groups is 1. The number of hydrogen-bond acceptors (Lipinski definition) is 11. The van der Waals surface area contributed by atoms with E-state index in [1.807, 2.05) is 78.8 Å². The normalized spacial score (nSPS) is 19.1. The molecule has 3 heterocycles. The molecule has 5 rings (SSSR count). The quantitative estimate of drug-likeness (QED) is 0.0839. The summed E-state index contributed by atoms with van der Waals surface area (Å²) in [7, 11) is 0. The molecule has 0 unspecified atom stereocenters. The molecule has 18 heteroatoms. The van der Waals surface area contributed by atoms with Gasteiger partial charge in [0.25, 0.3) is 0 Å². The third kappa shape index (κ3) is 14.5. The van der Waals surface area contributed by atoms with Crippen LogP contribution in [0, 0.1) is 18.3 Å². The van der Waals surface area contributed by atoms with Crippen LogP contribution in [-0.4, -0.2) is 111 Å². The summed E-state index contributed by atoms with van der Waals surface area (Å²) in [4.78, 5) is 88.2. The number of aryl methyl sites for hydroxylation is 2. The number of halogens is 1. The van der Waals surface area contributed by atoms with Crippen molar-refractivity contribution in [1.82, 2.24) is 30.7 Å². The Morgan fingerprint density at radius 1 is 0.955 bits per heavy atom. The molecule has 0 spiro atoms. The van der Waals surface area contributed by atoms with Crippen LogP contribution in [0.25, 0.3) is 10.4 Å². The van der Waals surface area contributed by atoms with Crippen LogP contribution in [0.3, 0.4) is 0 Å². The van der Waals surface area contributed by atoms with Crippen molar-refractivity contribution in [3.8, 4) is 16.2 Å². The van der Waals surface area contributed by atoms with E-state index < -0.39 is 53.5 Å². The second-order valence-electron chi connectivity index (χ2n) is 19.4. The summed E-state index contributed by atoms with van der Waals surface area (Å²) in [6.07, 6.45) is 1.87. The number of amides is 6. The van der Waals surface area contributed by atoms with Gasteiger partial charge in [-0.3, -0.25) is 28.8 Å². The van der Waals surface area contributed by atoms with Gasteiger partial charge in [-0.1, -0.05) is 82.6 Å². The fourth-order valence-electron chi connectivity index (χ4n) is 8.67. The second kappa shape index (κ2) is 23.8. The van der Waals surface area contributed by atoms with Crippen LogP contribution in [0.5, 0.6) is 5.75 Å². The molecule has 2 fully saturated rings. The number of thiazole rings is 1. The van der Waals surface area contributed by atoms with Crippen molar-refractivity contribution in [1.29, 1.82) is 0 Å². The maximum absolute atomic E-state index is 14.2. The van der Waals surface area contributed by atoms with Crippen LogP contribution >= 0.6 is 22.9 Å². The Hall–Kier alpha value is -5.10. The summed E-state index contributed by atoms with van der Waals surface area (Å²) in [6, 6.07) is 8.86. The molecule has 0 bridgehead atoms. The van der Waals surface area contributed by atoms with E-state index in [4.69, 9.17) is 27.8 Å². The van der Waals surface area contributed by atoms with E-state index in [0.717, 1.165) is 21.7 Å². The van der Waals surface area contributed by atoms with E-state index in [1.54, 1.807) is 33.9 Å². The van der Waals surface area contributed by atoms with Gasteiger partial charge in [-0.05, 0) is 86.5 Å². The van der Waals surface area contributed by atoms with Crippen molar-refractivity contribution >= 4 is 58.4 Å². The van der Waals surface area contributed by atoms with Gasteiger partial charge in [0.2, 0.25) is 35.4 Å². The van der Waals surface area contributed by atoms with Crippen molar-refractivity contribution in [3.63, 3.8) is 0 Å². The van der Waals surface area contributed by atoms with Crippen molar-refractivity contribution < 1.29 is 38.6 Å². The molecule has 0 saturated carbocycles. The maximum atomic E-state index is 14.2. The molecule has 0 radical (unpaired) electrons.